The average Bonchev–Trinajstić information content (AvgIpc) is 3.41. The third-order valence-electron chi connectivity index (χ3n) is 5.08. The van der Waals surface area contributed by atoms with Gasteiger partial charge in [-0.15, -0.1) is 0 Å². The molecular formula is C17H17NO5. The Morgan fingerprint density at radius 2 is 1.65 bits per heavy atom. The lowest BCUT2D eigenvalue weighted by Crippen LogP contribution is -2.45. The minimum absolute atomic E-state index is 0.272. The molecule has 23 heavy (non-hydrogen) atoms. The summed E-state index contributed by atoms with van der Waals surface area (Å²) in [6.07, 6.45) is 3.13. The lowest BCUT2D eigenvalue weighted by molar-refractivity contribution is -0.188. The second kappa shape index (κ2) is 5.16. The van der Waals surface area contributed by atoms with Crippen molar-refractivity contribution < 1.29 is 24.0 Å². The van der Waals surface area contributed by atoms with Crippen LogP contribution in [0.25, 0.3) is 0 Å². The minimum atomic E-state index is -0.617. The first-order valence-corrected chi connectivity index (χ1v) is 7.91. The molecule has 2 amide bonds. The molecule has 1 saturated heterocycles. The topological polar surface area (TPSA) is 72.9 Å². The van der Waals surface area contributed by atoms with Gasteiger partial charge in [-0.3, -0.25) is 9.59 Å². The first kappa shape index (κ1) is 14.4. The van der Waals surface area contributed by atoms with Gasteiger partial charge in [0.15, 0.2) is 0 Å². The van der Waals surface area contributed by atoms with Crippen LogP contribution in [0, 0.1) is 11.3 Å². The van der Waals surface area contributed by atoms with Crippen molar-refractivity contribution in [1.29, 1.82) is 0 Å². The molecule has 120 valence electrons. The van der Waals surface area contributed by atoms with E-state index in [9.17, 15) is 14.4 Å². The molecule has 0 atom stereocenters. The van der Waals surface area contributed by atoms with Crippen molar-refractivity contribution >= 4 is 17.8 Å². The zero-order valence-corrected chi connectivity index (χ0v) is 12.6. The van der Waals surface area contributed by atoms with Crippen LogP contribution in [0.5, 0.6) is 0 Å². The molecule has 2 aliphatic heterocycles. The SMILES string of the molecule is O=C1c2ccccc2C(=O)N1OC(=O)C1(C2CC2)CCOCC1. The van der Waals surface area contributed by atoms with Crippen molar-refractivity contribution in [2.75, 3.05) is 13.2 Å². The molecule has 1 aromatic carbocycles. The predicted molar refractivity (Wildman–Crippen MR) is 78.2 cm³/mol. The maximum Gasteiger partial charge on any atom is 0.339 e. The quantitative estimate of drug-likeness (QED) is 0.797. The van der Waals surface area contributed by atoms with Gasteiger partial charge in [-0.05, 0) is 43.7 Å². The highest BCUT2D eigenvalue weighted by Crippen LogP contribution is 2.52. The number of ether oxygens (including phenoxy) is 1. The summed E-state index contributed by atoms with van der Waals surface area (Å²) in [5, 5.41) is 0.618. The molecule has 3 aliphatic rings. The molecule has 2 fully saturated rings. The van der Waals surface area contributed by atoms with Gasteiger partial charge in [0.2, 0.25) is 0 Å². The second-order valence-corrected chi connectivity index (χ2v) is 6.37. The fourth-order valence-electron chi connectivity index (χ4n) is 3.57. The normalized spacial score (nSPS) is 22.9. The van der Waals surface area contributed by atoms with Crippen LogP contribution in [0.2, 0.25) is 0 Å². The van der Waals surface area contributed by atoms with E-state index in [2.05, 4.69) is 0 Å². The highest BCUT2D eigenvalue weighted by Gasteiger charge is 2.54. The summed E-state index contributed by atoms with van der Waals surface area (Å²) in [6, 6.07) is 6.49. The van der Waals surface area contributed by atoms with E-state index in [1.165, 1.54) is 0 Å². The smallest absolute Gasteiger partial charge is 0.339 e. The van der Waals surface area contributed by atoms with Gasteiger partial charge in [0.05, 0.1) is 16.5 Å². The molecule has 6 nitrogen and oxygen atoms in total. The van der Waals surface area contributed by atoms with Gasteiger partial charge in [-0.25, -0.2) is 4.79 Å². The number of benzene rings is 1. The van der Waals surface area contributed by atoms with E-state index < -0.39 is 23.2 Å². The first-order valence-electron chi connectivity index (χ1n) is 7.91. The number of imide groups is 1. The molecule has 0 N–H and O–H groups in total. The van der Waals surface area contributed by atoms with E-state index in [0.717, 1.165) is 12.8 Å². The molecule has 0 aromatic heterocycles. The fraction of sp³-hybridized carbons (Fsp3) is 0.471. The molecule has 0 spiro atoms. The number of carbonyl (C=O) groups excluding carboxylic acids is 3. The Kier molecular flexibility index (Phi) is 3.23. The minimum Gasteiger partial charge on any atom is -0.381 e. The van der Waals surface area contributed by atoms with Crippen LogP contribution in [-0.2, 0) is 14.4 Å². The number of hydroxylamine groups is 2. The van der Waals surface area contributed by atoms with E-state index in [1.807, 2.05) is 0 Å². The van der Waals surface area contributed by atoms with Crippen LogP contribution in [0.1, 0.15) is 46.4 Å². The monoisotopic (exact) mass is 315 g/mol. The maximum absolute atomic E-state index is 12.8. The number of nitrogens with zero attached hydrogens (tertiary/aromatic N) is 1. The van der Waals surface area contributed by atoms with Crippen LogP contribution >= 0.6 is 0 Å². The second-order valence-electron chi connectivity index (χ2n) is 6.37. The predicted octanol–water partition coefficient (Wildman–Crippen LogP) is 1.95. The lowest BCUT2D eigenvalue weighted by Gasteiger charge is -2.35. The summed E-state index contributed by atoms with van der Waals surface area (Å²) in [5.74, 6) is -1.35. The van der Waals surface area contributed by atoms with Gasteiger partial charge >= 0.3 is 5.97 Å². The van der Waals surface area contributed by atoms with Crippen molar-refractivity contribution in [2.24, 2.45) is 11.3 Å². The number of rotatable bonds is 3. The number of carbonyl (C=O) groups is 3. The Labute approximate surface area is 133 Å². The number of hydrogen-bond donors (Lipinski definition) is 0. The van der Waals surface area contributed by atoms with E-state index >= 15 is 0 Å². The van der Waals surface area contributed by atoms with E-state index in [-0.39, 0.29) is 17.0 Å². The van der Waals surface area contributed by atoms with Crippen molar-refractivity contribution in [3.05, 3.63) is 35.4 Å². The van der Waals surface area contributed by atoms with Gasteiger partial charge < -0.3 is 9.57 Å². The summed E-state index contributed by atoms with van der Waals surface area (Å²) < 4.78 is 5.36. The summed E-state index contributed by atoms with van der Waals surface area (Å²) in [4.78, 5) is 42.7. The van der Waals surface area contributed by atoms with E-state index in [1.54, 1.807) is 24.3 Å². The van der Waals surface area contributed by atoms with Gasteiger partial charge in [-0.1, -0.05) is 17.2 Å². The van der Waals surface area contributed by atoms with Crippen molar-refractivity contribution in [3.8, 4) is 0 Å². The molecular weight excluding hydrogens is 298 g/mol. The van der Waals surface area contributed by atoms with Gasteiger partial charge in [0.25, 0.3) is 11.8 Å². The maximum atomic E-state index is 12.8. The average molecular weight is 315 g/mol. The van der Waals surface area contributed by atoms with Crippen LogP contribution in [0.3, 0.4) is 0 Å². The fourth-order valence-corrected chi connectivity index (χ4v) is 3.57. The first-order chi connectivity index (χ1) is 11.1. The van der Waals surface area contributed by atoms with E-state index in [0.29, 0.717) is 31.1 Å². The Morgan fingerprint density at radius 1 is 1.09 bits per heavy atom. The Bertz CT molecular complexity index is 653. The van der Waals surface area contributed by atoms with Gasteiger partial charge in [-0.2, -0.15) is 0 Å². The lowest BCUT2D eigenvalue weighted by atomic mass is 9.76. The molecule has 0 unspecified atom stereocenters. The van der Waals surface area contributed by atoms with Gasteiger partial charge in [0.1, 0.15) is 0 Å². The van der Waals surface area contributed by atoms with Crippen LogP contribution in [0.4, 0.5) is 0 Å². The number of fused-ring (bicyclic) bond motifs is 1. The Hall–Kier alpha value is -2.21. The highest BCUT2D eigenvalue weighted by atomic mass is 16.7. The molecule has 2 heterocycles. The molecule has 6 heteroatoms. The van der Waals surface area contributed by atoms with Crippen molar-refractivity contribution in [2.45, 2.75) is 25.7 Å². The largest absolute Gasteiger partial charge is 0.381 e. The molecule has 0 bridgehead atoms. The Morgan fingerprint density at radius 3 is 2.17 bits per heavy atom. The van der Waals surface area contributed by atoms with Gasteiger partial charge in [0, 0.05) is 13.2 Å². The molecule has 1 aromatic rings. The van der Waals surface area contributed by atoms with Crippen molar-refractivity contribution in [1.82, 2.24) is 5.06 Å². The van der Waals surface area contributed by atoms with Crippen LogP contribution < -0.4 is 0 Å². The Balaban J connectivity index is 1.57. The zero-order chi connectivity index (χ0) is 16.0. The van der Waals surface area contributed by atoms with Crippen LogP contribution in [0.15, 0.2) is 24.3 Å². The number of amides is 2. The summed E-state index contributed by atoms with van der Waals surface area (Å²) in [7, 11) is 0. The molecule has 1 saturated carbocycles. The third kappa shape index (κ3) is 2.16. The standard InChI is InChI=1S/C17H17NO5/c19-14-12-3-1-2-4-13(12)15(20)18(14)23-16(21)17(11-5-6-11)7-9-22-10-8-17/h1-4,11H,5-10H2. The molecule has 0 radical (unpaired) electrons. The van der Waals surface area contributed by atoms with E-state index in [4.69, 9.17) is 9.57 Å². The zero-order valence-electron chi connectivity index (χ0n) is 12.6. The highest BCUT2D eigenvalue weighted by molar-refractivity contribution is 6.20. The third-order valence-corrected chi connectivity index (χ3v) is 5.08. The number of hydrogen-bond acceptors (Lipinski definition) is 5. The summed E-state index contributed by atoms with van der Waals surface area (Å²) >= 11 is 0. The van der Waals surface area contributed by atoms with Crippen molar-refractivity contribution in [3.63, 3.8) is 0 Å². The molecule has 1 aliphatic carbocycles. The summed E-state index contributed by atoms with van der Waals surface area (Å²) in [6.45, 7) is 1.02. The van der Waals surface area contributed by atoms with Crippen LogP contribution in [-0.4, -0.2) is 36.1 Å². The molecule has 4 rings (SSSR count). The summed E-state index contributed by atoms with van der Waals surface area (Å²) in [5.41, 5.74) is -0.0661.